The topological polar surface area (TPSA) is 75.3 Å². The van der Waals surface area contributed by atoms with Crippen molar-refractivity contribution in [1.82, 2.24) is 5.32 Å². The molecule has 0 saturated carbocycles. The zero-order valence-corrected chi connectivity index (χ0v) is 15.9. The standard InChI is InChI=1S/C20H24N2O3S/c1-14(16-12-11-15-7-3-4-8-17(15)13-16)21-20(23)18-9-5-6-10-19(18)22-26(2,24)25/h5-6,9-14,22H,3-4,7-8H2,1-2H3,(H,21,23)/t14-/m1/s1. The Morgan fingerprint density at radius 1 is 1.04 bits per heavy atom. The maximum absolute atomic E-state index is 12.7. The summed E-state index contributed by atoms with van der Waals surface area (Å²) in [5, 5.41) is 2.97. The molecule has 0 aromatic heterocycles. The van der Waals surface area contributed by atoms with Gasteiger partial charge in [0.2, 0.25) is 10.0 Å². The molecule has 2 N–H and O–H groups in total. The first kappa shape index (κ1) is 18.5. The van der Waals surface area contributed by atoms with E-state index in [-0.39, 0.29) is 17.6 Å². The SMILES string of the molecule is C[C@@H](NC(=O)c1ccccc1NS(C)(=O)=O)c1ccc2c(c1)CCCC2. The van der Waals surface area contributed by atoms with Crippen molar-refractivity contribution in [3.63, 3.8) is 0 Å². The molecule has 26 heavy (non-hydrogen) atoms. The smallest absolute Gasteiger partial charge is 0.253 e. The Balaban J connectivity index is 1.78. The quantitative estimate of drug-likeness (QED) is 0.844. The molecule has 1 aliphatic rings. The number of fused-ring (bicyclic) bond motifs is 1. The first-order valence-electron chi connectivity index (χ1n) is 8.83. The van der Waals surface area contributed by atoms with E-state index in [1.165, 1.54) is 24.0 Å². The van der Waals surface area contributed by atoms with Crippen LogP contribution in [-0.4, -0.2) is 20.6 Å². The van der Waals surface area contributed by atoms with Gasteiger partial charge in [-0.05, 0) is 61.4 Å². The summed E-state index contributed by atoms with van der Waals surface area (Å²) in [7, 11) is -3.45. The van der Waals surface area contributed by atoms with E-state index in [1.54, 1.807) is 24.3 Å². The minimum atomic E-state index is -3.45. The number of hydrogen-bond donors (Lipinski definition) is 2. The van der Waals surface area contributed by atoms with Crippen molar-refractivity contribution < 1.29 is 13.2 Å². The highest BCUT2D eigenvalue weighted by Gasteiger charge is 2.18. The Morgan fingerprint density at radius 2 is 1.73 bits per heavy atom. The number of rotatable bonds is 5. The number of hydrogen-bond acceptors (Lipinski definition) is 3. The second-order valence-electron chi connectivity index (χ2n) is 6.85. The van der Waals surface area contributed by atoms with E-state index in [4.69, 9.17) is 0 Å². The summed E-state index contributed by atoms with van der Waals surface area (Å²) >= 11 is 0. The molecule has 3 rings (SSSR count). The van der Waals surface area contributed by atoms with Crippen LogP contribution in [0.25, 0.3) is 0 Å². The van der Waals surface area contributed by atoms with E-state index in [9.17, 15) is 13.2 Å². The number of nitrogens with one attached hydrogen (secondary N) is 2. The fourth-order valence-electron chi connectivity index (χ4n) is 3.35. The molecule has 2 aromatic rings. The van der Waals surface area contributed by atoms with E-state index in [0.29, 0.717) is 5.56 Å². The van der Waals surface area contributed by atoms with Crippen molar-refractivity contribution in [2.24, 2.45) is 0 Å². The number of para-hydroxylation sites is 1. The van der Waals surface area contributed by atoms with Crippen molar-refractivity contribution in [3.8, 4) is 0 Å². The van der Waals surface area contributed by atoms with Crippen LogP contribution in [0.1, 0.15) is 52.9 Å². The fraction of sp³-hybridized carbons (Fsp3) is 0.350. The second kappa shape index (κ2) is 7.50. The maximum atomic E-state index is 12.7. The van der Waals surface area contributed by atoms with Crippen molar-refractivity contribution in [3.05, 3.63) is 64.7 Å². The second-order valence-corrected chi connectivity index (χ2v) is 8.60. The molecule has 0 unspecified atom stereocenters. The van der Waals surface area contributed by atoms with E-state index in [0.717, 1.165) is 24.7 Å². The van der Waals surface area contributed by atoms with Gasteiger partial charge in [0.1, 0.15) is 0 Å². The Bertz CT molecular complexity index is 922. The third-order valence-electron chi connectivity index (χ3n) is 4.69. The molecule has 0 aliphatic heterocycles. The molecule has 6 heteroatoms. The molecule has 0 heterocycles. The number of benzene rings is 2. The zero-order valence-electron chi connectivity index (χ0n) is 15.1. The zero-order chi connectivity index (χ0) is 18.7. The molecule has 0 fully saturated rings. The summed E-state index contributed by atoms with van der Waals surface area (Å²) < 4.78 is 25.4. The predicted octanol–water partition coefficient (Wildman–Crippen LogP) is 3.43. The van der Waals surface area contributed by atoms with Crippen molar-refractivity contribution in [2.45, 2.75) is 38.6 Å². The predicted molar refractivity (Wildman–Crippen MR) is 104 cm³/mol. The molecule has 1 aliphatic carbocycles. The third kappa shape index (κ3) is 4.43. The minimum Gasteiger partial charge on any atom is -0.345 e. The molecule has 0 spiro atoms. The molecule has 2 aromatic carbocycles. The van der Waals surface area contributed by atoms with Gasteiger partial charge in [-0.25, -0.2) is 8.42 Å². The normalized spacial score (nSPS) is 15.0. The lowest BCUT2D eigenvalue weighted by atomic mass is 9.89. The van der Waals surface area contributed by atoms with E-state index < -0.39 is 10.0 Å². The van der Waals surface area contributed by atoms with E-state index in [2.05, 4.69) is 28.2 Å². The molecular formula is C20H24N2O3S. The summed E-state index contributed by atoms with van der Waals surface area (Å²) in [5.41, 5.74) is 4.43. The number of carbonyl (C=O) groups is 1. The Kier molecular flexibility index (Phi) is 5.32. The number of aryl methyl sites for hydroxylation is 2. The summed E-state index contributed by atoms with van der Waals surface area (Å²) in [6, 6.07) is 12.8. The molecule has 0 bridgehead atoms. The van der Waals surface area contributed by atoms with Crippen LogP contribution in [0.3, 0.4) is 0 Å². The Hall–Kier alpha value is -2.34. The number of carbonyl (C=O) groups excluding carboxylic acids is 1. The molecule has 1 atom stereocenters. The van der Waals surface area contributed by atoms with E-state index >= 15 is 0 Å². The minimum absolute atomic E-state index is 0.166. The van der Waals surface area contributed by atoms with Crippen LogP contribution < -0.4 is 10.0 Å². The van der Waals surface area contributed by atoms with Gasteiger partial charge in [0.25, 0.3) is 5.91 Å². The number of anilines is 1. The van der Waals surface area contributed by atoms with Crippen LogP contribution in [0.2, 0.25) is 0 Å². The Morgan fingerprint density at radius 3 is 2.46 bits per heavy atom. The average molecular weight is 372 g/mol. The van der Waals surface area contributed by atoms with Gasteiger partial charge in [-0.2, -0.15) is 0 Å². The molecule has 138 valence electrons. The number of sulfonamides is 1. The van der Waals surface area contributed by atoms with Gasteiger partial charge >= 0.3 is 0 Å². The molecule has 5 nitrogen and oxygen atoms in total. The maximum Gasteiger partial charge on any atom is 0.253 e. The highest BCUT2D eigenvalue weighted by Crippen LogP contribution is 2.25. The molecular weight excluding hydrogens is 348 g/mol. The highest BCUT2D eigenvalue weighted by atomic mass is 32.2. The van der Waals surface area contributed by atoms with Crippen molar-refractivity contribution in [1.29, 1.82) is 0 Å². The van der Waals surface area contributed by atoms with Gasteiger partial charge in [0, 0.05) is 0 Å². The van der Waals surface area contributed by atoms with Crippen LogP contribution in [0.4, 0.5) is 5.69 Å². The lowest BCUT2D eigenvalue weighted by molar-refractivity contribution is 0.0941. The van der Waals surface area contributed by atoms with Crippen LogP contribution in [-0.2, 0) is 22.9 Å². The monoisotopic (exact) mass is 372 g/mol. The van der Waals surface area contributed by atoms with Gasteiger partial charge in [0.05, 0.1) is 23.5 Å². The summed E-state index contributed by atoms with van der Waals surface area (Å²) in [6.45, 7) is 1.94. The van der Waals surface area contributed by atoms with Gasteiger partial charge in [-0.15, -0.1) is 0 Å². The van der Waals surface area contributed by atoms with Crippen LogP contribution in [0, 0.1) is 0 Å². The first-order chi connectivity index (χ1) is 12.3. The lowest BCUT2D eigenvalue weighted by Gasteiger charge is -2.20. The Labute approximate surface area is 154 Å². The molecule has 0 radical (unpaired) electrons. The van der Waals surface area contributed by atoms with Crippen LogP contribution in [0.5, 0.6) is 0 Å². The summed E-state index contributed by atoms with van der Waals surface area (Å²) in [4.78, 5) is 12.7. The largest absolute Gasteiger partial charge is 0.345 e. The summed E-state index contributed by atoms with van der Waals surface area (Å²) in [5.74, 6) is -0.304. The van der Waals surface area contributed by atoms with Gasteiger partial charge < -0.3 is 5.32 Å². The van der Waals surface area contributed by atoms with Crippen molar-refractivity contribution >= 4 is 21.6 Å². The van der Waals surface area contributed by atoms with Crippen LogP contribution in [0.15, 0.2) is 42.5 Å². The van der Waals surface area contributed by atoms with Gasteiger partial charge in [-0.1, -0.05) is 30.3 Å². The van der Waals surface area contributed by atoms with E-state index in [1.807, 2.05) is 6.92 Å². The highest BCUT2D eigenvalue weighted by molar-refractivity contribution is 7.92. The lowest BCUT2D eigenvalue weighted by Crippen LogP contribution is -2.28. The van der Waals surface area contributed by atoms with Gasteiger partial charge in [-0.3, -0.25) is 9.52 Å². The van der Waals surface area contributed by atoms with Gasteiger partial charge in [0.15, 0.2) is 0 Å². The third-order valence-corrected chi connectivity index (χ3v) is 5.28. The van der Waals surface area contributed by atoms with Crippen LogP contribution >= 0.6 is 0 Å². The number of amides is 1. The fourth-order valence-corrected chi connectivity index (χ4v) is 3.93. The molecule has 1 amide bonds. The summed E-state index contributed by atoms with van der Waals surface area (Å²) in [6.07, 6.45) is 5.73. The average Bonchev–Trinajstić information content (AvgIpc) is 2.60. The van der Waals surface area contributed by atoms with Crippen molar-refractivity contribution in [2.75, 3.05) is 11.0 Å². The first-order valence-corrected chi connectivity index (χ1v) is 10.7. The molecule has 0 saturated heterocycles.